The third kappa shape index (κ3) is 8.57. The number of ether oxygens (including phenoxy) is 6. The first kappa shape index (κ1) is 42.3. The van der Waals surface area contributed by atoms with Crippen molar-refractivity contribution in [3.05, 3.63) is 132 Å². The van der Waals surface area contributed by atoms with Gasteiger partial charge in [-0.05, 0) is 64.5 Å². The van der Waals surface area contributed by atoms with Gasteiger partial charge in [0.15, 0.2) is 12.6 Å². The van der Waals surface area contributed by atoms with E-state index in [0.717, 1.165) is 27.8 Å². The molecule has 310 valence electrons. The van der Waals surface area contributed by atoms with Crippen LogP contribution in [0.1, 0.15) is 64.5 Å². The van der Waals surface area contributed by atoms with Gasteiger partial charge in [0, 0.05) is 17.1 Å². The van der Waals surface area contributed by atoms with Crippen molar-refractivity contribution < 1.29 is 41.3 Å². The predicted molar refractivity (Wildman–Crippen MR) is 227 cm³/mol. The Bertz CT molecular complexity index is 2170. The first-order valence-electron chi connectivity index (χ1n) is 20.3. The largest absolute Gasteiger partial charge is 0.497 e. The van der Waals surface area contributed by atoms with Gasteiger partial charge in [0.2, 0.25) is 8.32 Å². The Morgan fingerprint density at radius 2 is 1.40 bits per heavy atom. The molecule has 0 aliphatic carbocycles. The molecule has 6 atom stereocenters. The average Bonchev–Trinajstić information content (AvgIpc) is 3.61. The summed E-state index contributed by atoms with van der Waals surface area (Å²) in [5.41, 5.74) is 4.18. The molecule has 5 aromatic rings. The maximum absolute atomic E-state index is 13.9. The lowest BCUT2D eigenvalue weighted by Crippen LogP contribution is -2.66. The van der Waals surface area contributed by atoms with Crippen molar-refractivity contribution in [2.75, 3.05) is 20.3 Å². The molecule has 3 heterocycles. The van der Waals surface area contributed by atoms with E-state index in [1.807, 2.05) is 66.7 Å². The minimum absolute atomic E-state index is 0.226. The van der Waals surface area contributed by atoms with Crippen molar-refractivity contribution in [2.24, 2.45) is 0 Å². The van der Waals surface area contributed by atoms with E-state index in [2.05, 4.69) is 53.7 Å². The average molecular weight is 828 g/mol. The van der Waals surface area contributed by atoms with E-state index in [1.54, 1.807) is 43.6 Å². The number of nitrogens with zero attached hydrogens (tertiary/aromatic N) is 1. The van der Waals surface area contributed by atoms with Crippen LogP contribution in [0.4, 0.5) is 0 Å². The maximum atomic E-state index is 13.9. The Morgan fingerprint density at radius 1 is 0.759 bits per heavy atom. The zero-order chi connectivity index (χ0) is 41.0. The lowest BCUT2D eigenvalue weighted by Gasteiger charge is -2.53. The molecule has 2 saturated heterocycles. The first-order chi connectivity index (χ1) is 27.9. The fraction of sp³-hybridized carbons (Fsp3) is 0.435. The quantitative estimate of drug-likeness (QED) is 0.0901. The van der Waals surface area contributed by atoms with E-state index >= 15 is 0 Å². The number of hydrogen-bond donors (Lipinski definition) is 0. The molecule has 0 spiro atoms. The molecule has 0 radical (unpaired) electrons. The number of para-hydroxylation sites is 1. The minimum Gasteiger partial charge on any atom is -0.497 e. The molecular formula is C46H57NO9SSi. The van der Waals surface area contributed by atoms with Crippen LogP contribution in [0.5, 0.6) is 5.75 Å². The van der Waals surface area contributed by atoms with Crippen LogP contribution in [0.2, 0.25) is 16.6 Å². The summed E-state index contributed by atoms with van der Waals surface area (Å²) < 4.78 is 75.9. The highest BCUT2D eigenvalue weighted by atomic mass is 32.2. The summed E-state index contributed by atoms with van der Waals surface area (Å²) in [7, 11) is -4.75. The molecule has 2 aliphatic rings. The van der Waals surface area contributed by atoms with Crippen LogP contribution in [0.25, 0.3) is 10.9 Å². The van der Waals surface area contributed by atoms with E-state index in [1.165, 1.54) is 3.97 Å². The number of benzene rings is 4. The lowest BCUT2D eigenvalue weighted by molar-refractivity contribution is -0.364. The standard InChI is InChI=1S/C46H57NO9SSi/c1-31(2)58(32(3)4,33(5)6)56-44-43(52-29-34-16-10-8-11-17-34)42-41(30-53-45(55-42)35-22-24-37(50-7)25-23-35)54-46(44)51-27-26-36-28-47(40-21-15-14-20-39(36)40)57(48,49)38-18-12-9-13-19-38/h8-25,28,31-33,41-46H,26-27,29-30H2,1-7H3/t41-,42-,43+,44+,45?,46-/m0/s1. The van der Waals surface area contributed by atoms with Crippen LogP contribution in [0.15, 0.2) is 120 Å². The van der Waals surface area contributed by atoms with Crippen LogP contribution in [0.3, 0.4) is 0 Å². The molecule has 0 bridgehead atoms. The molecule has 0 N–H and O–H groups in total. The molecule has 12 heteroatoms. The van der Waals surface area contributed by atoms with Crippen molar-refractivity contribution in [3.8, 4) is 5.75 Å². The maximum Gasteiger partial charge on any atom is 0.268 e. The minimum atomic E-state index is -3.84. The Balaban J connectivity index is 1.22. The van der Waals surface area contributed by atoms with Gasteiger partial charge in [-0.25, -0.2) is 12.4 Å². The van der Waals surface area contributed by atoms with Crippen LogP contribution in [0, 0.1) is 0 Å². The van der Waals surface area contributed by atoms with Crippen LogP contribution in [-0.2, 0) is 51.2 Å². The SMILES string of the molecule is COc1ccc(C2OC[C@@H]3O[C@H](OCCc4cn(S(=O)(=O)c5ccccc5)c5ccccc45)[C@H](O[Si](C(C)C)(C(C)C)C(C)C)[C@H](OCc4ccccc4)[C@H]3O2)cc1. The van der Waals surface area contributed by atoms with Gasteiger partial charge in [-0.2, -0.15) is 0 Å². The van der Waals surface area contributed by atoms with Crippen LogP contribution in [-0.4, -0.2) is 71.7 Å². The number of methoxy groups -OCH3 is 1. The topological polar surface area (TPSA) is 104 Å². The molecule has 0 saturated carbocycles. The molecule has 0 amide bonds. The highest BCUT2D eigenvalue weighted by molar-refractivity contribution is 7.90. The van der Waals surface area contributed by atoms with Gasteiger partial charge in [0.25, 0.3) is 10.0 Å². The van der Waals surface area contributed by atoms with Gasteiger partial charge in [-0.15, -0.1) is 0 Å². The Kier molecular flexibility index (Phi) is 13.3. The highest BCUT2D eigenvalue weighted by Crippen LogP contribution is 2.46. The first-order valence-corrected chi connectivity index (χ1v) is 23.9. The zero-order valence-electron chi connectivity index (χ0n) is 34.5. The van der Waals surface area contributed by atoms with E-state index in [0.29, 0.717) is 18.5 Å². The molecule has 58 heavy (non-hydrogen) atoms. The van der Waals surface area contributed by atoms with Crippen molar-refractivity contribution in [2.45, 2.75) is 113 Å². The molecule has 7 rings (SSSR count). The van der Waals surface area contributed by atoms with Gasteiger partial charge in [-0.3, -0.25) is 0 Å². The highest BCUT2D eigenvalue weighted by Gasteiger charge is 2.56. The molecule has 10 nitrogen and oxygen atoms in total. The smallest absolute Gasteiger partial charge is 0.268 e. The van der Waals surface area contributed by atoms with Crippen molar-refractivity contribution in [1.29, 1.82) is 0 Å². The van der Waals surface area contributed by atoms with E-state index in [4.69, 9.17) is 32.8 Å². The van der Waals surface area contributed by atoms with E-state index < -0.39 is 55.3 Å². The van der Waals surface area contributed by atoms with E-state index in [-0.39, 0.29) is 34.7 Å². The van der Waals surface area contributed by atoms with Gasteiger partial charge < -0.3 is 32.8 Å². The second-order valence-corrected chi connectivity index (χ2v) is 23.4. The summed E-state index contributed by atoms with van der Waals surface area (Å²) in [6.07, 6.45) is -1.58. The summed E-state index contributed by atoms with van der Waals surface area (Å²) in [6.45, 7) is 14.4. The normalized spacial score (nSPS) is 22.8. The number of fused-ring (bicyclic) bond motifs is 2. The molecular weight excluding hydrogens is 771 g/mol. The Labute approximate surface area is 344 Å². The van der Waals surface area contributed by atoms with Gasteiger partial charge in [0.1, 0.15) is 30.2 Å². The summed E-state index contributed by atoms with van der Waals surface area (Å²) in [5.74, 6) is 0.746. The molecule has 1 unspecified atom stereocenters. The van der Waals surface area contributed by atoms with Gasteiger partial charge >= 0.3 is 0 Å². The van der Waals surface area contributed by atoms with Crippen LogP contribution >= 0.6 is 0 Å². The Morgan fingerprint density at radius 3 is 2.05 bits per heavy atom. The number of aromatic nitrogens is 1. The van der Waals surface area contributed by atoms with Crippen molar-refractivity contribution in [3.63, 3.8) is 0 Å². The predicted octanol–water partition coefficient (Wildman–Crippen LogP) is 9.43. The van der Waals surface area contributed by atoms with Crippen molar-refractivity contribution >= 4 is 29.2 Å². The molecule has 2 aliphatic heterocycles. The van der Waals surface area contributed by atoms with Gasteiger partial charge in [-0.1, -0.05) is 120 Å². The van der Waals surface area contributed by atoms with Crippen molar-refractivity contribution in [1.82, 2.24) is 3.97 Å². The number of rotatable bonds is 16. The van der Waals surface area contributed by atoms with E-state index in [9.17, 15) is 8.42 Å². The fourth-order valence-electron chi connectivity index (χ4n) is 8.94. The van der Waals surface area contributed by atoms with Gasteiger partial charge in [0.05, 0.1) is 37.3 Å². The zero-order valence-corrected chi connectivity index (χ0v) is 36.3. The monoisotopic (exact) mass is 827 g/mol. The third-order valence-electron chi connectivity index (χ3n) is 11.7. The third-order valence-corrected chi connectivity index (χ3v) is 19.5. The molecule has 4 aromatic carbocycles. The number of hydrogen-bond acceptors (Lipinski definition) is 9. The summed E-state index contributed by atoms with van der Waals surface area (Å²) in [6, 6.07) is 33.9. The summed E-state index contributed by atoms with van der Waals surface area (Å²) in [5, 5.41) is 0.844. The molecule has 2 fully saturated rings. The summed E-state index contributed by atoms with van der Waals surface area (Å²) >= 11 is 0. The molecule has 1 aromatic heterocycles. The second kappa shape index (κ2) is 18.2. The fourth-order valence-corrected chi connectivity index (χ4v) is 15.9. The summed E-state index contributed by atoms with van der Waals surface area (Å²) in [4.78, 5) is 0.226. The lowest BCUT2D eigenvalue weighted by atomic mass is 9.97. The Hall–Kier alpha value is -3.85. The second-order valence-electron chi connectivity index (χ2n) is 16.1. The van der Waals surface area contributed by atoms with Crippen LogP contribution < -0.4 is 4.74 Å².